The Morgan fingerprint density at radius 2 is 2.11 bits per heavy atom. The molecule has 1 saturated heterocycles. The van der Waals surface area contributed by atoms with E-state index in [0.717, 1.165) is 30.5 Å². The van der Waals surface area contributed by atoms with Gasteiger partial charge in [0.15, 0.2) is 0 Å². The summed E-state index contributed by atoms with van der Waals surface area (Å²) in [5.41, 5.74) is 1.14. The molecule has 1 aliphatic rings. The standard InChI is InChI=1S/C16H27N3/c1-12(2)17-10-15-6-5-7-16(18-15)19-11-13(3)8-9-14(19)4/h5-7,12-14,17H,8-11H2,1-4H3. The summed E-state index contributed by atoms with van der Waals surface area (Å²) < 4.78 is 0. The van der Waals surface area contributed by atoms with Crippen molar-refractivity contribution in [2.45, 2.75) is 59.2 Å². The predicted molar refractivity (Wildman–Crippen MR) is 81.4 cm³/mol. The zero-order valence-corrected chi connectivity index (χ0v) is 12.7. The zero-order chi connectivity index (χ0) is 13.8. The largest absolute Gasteiger partial charge is 0.354 e. The van der Waals surface area contributed by atoms with Gasteiger partial charge in [0.25, 0.3) is 0 Å². The van der Waals surface area contributed by atoms with Gasteiger partial charge >= 0.3 is 0 Å². The van der Waals surface area contributed by atoms with E-state index in [-0.39, 0.29) is 0 Å². The summed E-state index contributed by atoms with van der Waals surface area (Å²) in [5.74, 6) is 1.91. The minimum absolute atomic E-state index is 0.499. The van der Waals surface area contributed by atoms with Crippen molar-refractivity contribution in [3.8, 4) is 0 Å². The predicted octanol–water partition coefficient (Wildman–Crippen LogP) is 3.20. The van der Waals surface area contributed by atoms with Crippen LogP contribution in [0.5, 0.6) is 0 Å². The Balaban J connectivity index is 2.08. The number of hydrogen-bond donors (Lipinski definition) is 1. The smallest absolute Gasteiger partial charge is 0.129 e. The highest BCUT2D eigenvalue weighted by molar-refractivity contribution is 5.41. The van der Waals surface area contributed by atoms with E-state index in [1.54, 1.807) is 0 Å². The first-order valence-corrected chi connectivity index (χ1v) is 7.52. The maximum atomic E-state index is 4.82. The van der Waals surface area contributed by atoms with Crippen molar-refractivity contribution in [3.63, 3.8) is 0 Å². The molecule has 0 bridgehead atoms. The first-order valence-electron chi connectivity index (χ1n) is 7.52. The molecule has 1 N–H and O–H groups in total. The quantitative estimate of drug-likeness (QED) is 0.902. The number of piperidine rings is 1. The third-order valence-corrected chi connectivity index (χ3v) is 3.90. The van der Waals surface area contributed by atoms with Crippen LogP contribution in [0, 0.1) is 5.92 Å². The molecular formula is C16H27N3. The third kappa shape index (κ3) is 3.93. The molecule has 0 radical (unpaired) electrons. The SMILES string of the molecule is CC1CCC(C)N(c2cccc(CNC(C)C)n2)C1. The van der Waals surface area contributed by atoms with E-state index >= 15 is 0 Å². The van der Waals surface area contributed by atoms with Crippen LogP contribution < -0.4 is 10.2 Å². The van der Waals surface area contributed by atoms with Gasteiger partial charge in [-0.25, -0.2) is 4.98 Å². The van der Waals surface area contributed by atoms with E-state index in [2.05, 4.69) is 56.1 Å². The number of aromatic nitrogens is 1. The zero-order valence-electron chi connectivity index (χ0n) is 12.7. The molecule has 3 heteroatoms. The van der Waals surface area contributed by atoms with Crippen LogP contribution in [0.2, 0.25) is 0 Å². The first-order chi connectivity index (χ1) is 9.06. The van der Waals surface area contributed by atoms with Crippen molar-refractivity contribution in [2.24, 2.45) is 5.92 Å². The summed E-state index contributed by atoms with van der Waals surface area (Å²) in [6.07, 6.45) is 2.61. The van der Waals surface area contributed by atoms with Crippen LogP contribution >= 0.6 is 0 Å². The minimum atomic E-state index is 0.499. The molecule has 0 saturated carbocycles. The fourth-order valence-corrected chi connectivity index (χ4v) is 2.64. The molecule has 1 fully saturated rings. The van der Waals surface area contributed by atoms with Crippen LogP contribution in [0.3, 0.4) is 0 Å². The van der Waals surface area contributed by atoms with Crippen LogP contribution in [0.25, 0.3) is 0 Å². The maximum Gasteiger partial charge on any atom is 0.129 e. The van der Waals surface area contributed by atoms with Gasteiger partial charge in [0, 0.05) is 25.2 Å². The molecule has 0 aromatic carbocycles. The molecule has 1 aromatic rings. The van der Waals surface area contributed by atoms with Crippen LogP contribution in [-0.4, -0.2) is 23.6 Å². The topological polar surface area (TPSA) is 28.2 Å². The molecule has 2 rings (SSSR count). The molecule has 2 unspecified atom stereocenters. The Hall–Kier alpha value is -1.09. The van der Waals surface area contributed by atoms with Gasteiger partial charge in [0.2, 0.25) is 0 Å². The van der Waals surface area contributed by atoms with Gasteiger partial charge in [0.1, 0.15) is 5.82 Å². The number of hydrogen-bond acceptors (Lipinski definition) is 3. The molecule has 2 atom stereocenters. The molecule has 1 aliphatic heterocycles. The molecule has 0 amide bonds. The van der Waals surface area contributed by atoms with Gasteiger partial charge in [-0.1, -0.05) is 26.8 Å². The number of pyridine rings is 1. The van der Waals surface area contributed by atoms with Crippen LogP contribution in [0.1, 0.15) is 46.2 Å². The Bertz CT molecular complexity index is 403. The molecular weight excluding hydrogens is 234 g/mol. The van der Waals surface area contributed by atoms with Crippen LogP contribution in [0.4, 0.5) is 5.82 Å². The van der Waals surface area contributed by atoms with Gasteiger partial charge in [-0.05, 0) is 37.8 Å². The molecule has 0 aliphatic carbocycles. The van der Waals surface area contributed by atoms with Crippen LogP contribution in [0.15, 0.2) is 18.2 Å². The second kappa shape index (κ2) is 6.38. The highest BCUT2D eigenvalue weighted by Crippen LogP contribution is 2.26. The lowest BCUT2D eigenvalue weighted by atomic mass is 9.95. The fraction of sp³-hybridized carbons (Fsp3) is 0.688. The highest BCUT2D eigenvalue weighted by Gasteiger charge is 2.23. The van der Waals surface area contributed by atoms with Gasteiger partial charge in [0.05, 0.1) is 5.69 Å². The van der Waals surface area contributed by atoms with Gasteiger partial charge < -0.3 is 10.2 Å². The van der Waals surface area contributed by atoms with E-state index in [9.17, 15) is 0 Å². The number of nitrogens with one attached hydrogen (secondary N) is 1. The van der Waals surface area contributed by atoms with E-state index < -0.39 is 0 Å². The summed E-state index contributed by atoms with van der Waals surface area (Å²) in [6, 6.07) is 7.49. The lowest BCUT2D eigenvalue weighted by molar-refractivity contribution is 0.388. The van der Waals surface area contributed by atoms with Crippen molar-refractivity contribution in [1.82, 2.24) is 10.3 Å². The summed E-state index contributed by atoms with van der Waals surface area (Å²) in [5, 5.41) is 3.43. The lowest BCUT2D eigenvalue weighted by Gasteiger charge is -2.37. The Labute approximate surface area is 117 Å². The molecule has 1 aromatic heterocycles. The number of anilines is 1. The van der Waals surface area contributed by atoms with E-state index in [0.29, 0.717) is 12.1 Å². The van der Waals surface area contributed by atoms with Crippen LogP contribution in [-0.2, 0) is 6.54 Å². The average molecular weight is 261 g/mol. The fourth-order valence-electron chi connectivity index (χ4n) is 2.64. The van der Waals surface area contributed by atoms with Crippen molar-refractivity contribution >= 4 is 5.82 Å². The van der Waals surface area contributed by atoms with Gasteiger partial charge in [-0.15, -0.1) is 0 Å². The number of nitrogens with zero attached hydrogens (tertiary/aromatic N) is 2. The normalized spacial score (nSPS) is 23.9. The molecule has 106 valence electrons. The lowest BCUT2D eigenvalue weighted by Crippen LogP contribution is -2.41. The minimum Gasteiger partial charge on any atom is -0.354 e. The van der Waals surface area contributed by atoms with E-state index in [1.807, 2.05) is 0 Å². The van der Waals surface area contributed by atoms with Gasteiger partial charge in [-0.2, -0.15) is 0 Å². The molecule has 2 heterocycles. The number of rotatable bonds is 4. The Morgan fingerprint density at radius 3 is 2.84 bits per heavy atom. The van der Waals surface area contributed by atoms with Gasteiger partial charge in [-0.3, -0.25) is 0 Å². The third-order valence-electron chi connectivity index (χ3n) is 3.90. The summed E-state index contributed by atoms with van der Waals surface area (Å²) in [7, 11) is 0. The average Bonchev–Trinajstić information content (AvgIpc) is 2.39. The van der Waals surface area contributed by atoms with E-state index in [4.69, 9.17) is 4.98 Å². The van der Waals surface area contributed by atoms with E-state index in [1.165, 1.54) is 12.8 Å². The maximum absolute atomic E-state index is 4.82. The molecule has 19 heavy (non-hydrogen) atoms. The Morgan fingerprint density at radius 1 is 1.32 bits per heavy atom. The monoisotopic (exact) mass is 261 g/mol. The summed E-state index contributed by atoms with van der Waals surface area (Å²) in [4.78, 5) is 7.28. The summed E-state index contributed by atoms with van der Waals surface area (Å²) >= 11 is 0. The first kappa shape index (κ1) is 14.3. The molecule has 0 spiro atoms. The van der Waals surface area contributed by atoms with Crippen molar-refractivity contribution in [3.05, 3.63) is 23.9 Å². The van der Waals surface area contributed by atoms with Crippen molar-refractivity contribution in [2.75, 3.05) is 11.4 Å². The van der Waals surface area contributed by atoms with Crippen molar-refractivity contribution < 1.29 is 0 Å². The molecule has 3 nitrogen and oxygen atoms in total. The Kier molecular flexibility index (Phi) is 4.81. The summed E-state index contributed by atoms with van der Waals surface area (Å²) in [6.45, 7) is 11.0. The van der Waals surface area contributed by atoms with Crippen molar-refractivity contribution in [1.29, 1.82) is 0 Å². The second-order valence-corrected chi connectivity index (χ2v) is 6.21. The highest BCUT2D eigenvalue weighted by atomic mass is 15.2. The second-order valence-electron chi connectivity index (χ2n) is 6.21.